The highest BCUT2D eigenvalue weighted by Gasteiger charge is 2.30. The third-order valence-electron chi connectivity index (χ3n) is 4.70. The number of halogens is 4. The van der Waals surface area contributed by atoms with Gasteiger partial charge < -0.3 is 0 Å². The van der Waals surface area contributed by atoms with Crippen molar-refractivity contribution in [2.24, 2.45) is 0 Å². The molecule has 0 atom stereocenters. The first-order valence-corrected chi connectivity index (χ1v) is 8.64. The second-order valence-corrected chi connectivity index (χ2v) is 6.64. The van der Waals surface area contributed by atoms with Gasteiger partial charge in [-0.25, -0.2) is 9.18 Å². The summed E-state index contributed by atoms with van der Waals surface area (Å²) < 4.78 is 53.8. The minimum Gasteiger partial charge on any atom is -0.290 e. The topological polar surface area (TPSA) is 43.1 Å². The molecule has 0 spiro atoms. The average molecular weight is 392 g/mol. The van der Waals surface area contributed by atoms with Crippen LogP contribution >= 0.6 is 0 Å². The number of hydrogen-bond acceptors (Lipinski definition) is 3. The van der Waals surface area contributed by atoms with Crippen LogP contribution in [0.5, 0.6) is 0 Å². The molecule has 0 saturated carbocycles. The maximum atomic E-state index is 13.0. The van der Waals surface area contributed by atoms with Crippen LogP contribution in [0.15, 0.2) is 53.3 Å². The van der Waals surface area contributed by atoms with Gasteiger partial charge in [-0.1, -0.05) is 12.1 Å². The smallest absolute Gasteiger partial charge is 0.290 e. The number of hydrogen-bond donors (Lipinski definition) is 0. The zero-order chi connectivity index (χ0) is 19.9. The number of fused-ring (bicyclic) bond motifs is 1. The molecule has 0 unspecified atom stereocenters. The molecule has 0 fully saturated rings. The van der Waals surface area contributed by atoms with Gasteiger partial charge in [0, 0.05) is 19.6 Å². The van der Waals surface area contributed by atoms with Crippen LogP contribution < -0.4 is 5.69 Å². The van der Waals surface area contributed by atoms with Crippen LogP contribution in [0.4, 0.5) is 17.6 Å². The second kappa shape index (κ2) is 6.90. The van der Waals surface area contributed by atoms with Crippen molar-refractivity contribution in [1.29, 1.82) is 0 Å². The van der Waals surface area contributed by atoms with Gasteiger partial charge in [-0.3, -0.25) is 9.47 Å². The third-order valence-corrected chi connectivity index (χ3v) is 4.70. The Morgan fingerprint density at radius 2 is 1.64 bits per heavy atom. The van der Waals surface area contributed by atoms with Gasteiger partial charge >= 0.3 is 11.9 Å². The summed E-state index contributed by atoms with van der Waals surface area (Å²) in [6, 6.07) is 10.5. The molecule has 0 aliphatic carbocycles. The quantitative estimate of drug-likeness (QED) is 0.643. The summed E-state index contributed by atoms with van der Waals surface area (Å²) in [5, 5.41) is 4.30. The van der Waals surface area contributed by atoms with Crippen LogP contribution in [0.3, 0.4) is 0 Å². The molecule has 1 aliphatic heterocycles. The van der Waals surface area contributed by atoms with Crippen molar-refractivity contribution in [2.75, 3.05) is 6.54 Å². The lowest BCUT2D eigenvalue weighted by Gasteiger charge is -2.26. The first-order chi connectivity index (χ1) is 13.3. The maximum absolute atomic E-state index is 13.0. The van der Waals surface area contributed by atoms with E-state index in [1.165, 1.54) is 28.8 Å². The molecule has 0 saturated heterocycles. The lowest BCUT2D eigenvalue weighted by molar-refractivity contribution is -0.137. The summed E-state index contributed by atoms with van der Waals surface area (Å²) in [6.45, 7) is 2.04. The van der Waals surface area contributed by atoms with Gasteiger partial charge in [-0.05, 0) is 42.0 Å². The minimum atomic E-state index is -4.43. The Morgan fingerprint density at radius 1 is 0.964 bits per heavy atom. The van der Waals surface area contributed by atoms with E-state index in [1.807, 2.05) is 0 Å². The van der Waals surface area contributed by atoms with Crippen LogP contribution in [0.2, 0.25) is 0 Å². The monoisotopic (exact) mass is 392 g/mol. The van der Waals surface area contributed by atoms with Crippen LogP contribution in [0, 0.1) is 5.82 Å². The Hall–Kier alpha value is -2.94. The SMILES string of the molecule is O=c1n(-c2ccc(C(F)(F)F)cc2)nc2n1CCN(Cc1ccc(F)cc1)C2. The lowest BCUT2D eigenvalue weighted by atomic mass is 10.2. The molecule has 0 N–H and O–H groups in total. The Morgan fingerprint density at radius 3 is 2.29 bits per heavy atom. The predicted octanol–water partition coefficient (Wildman–Crippen LogP) is 3.21. The summed E-state index contributed by atoms with van der Waals surface area (Å²) in [5.74, 6) is 0.241. The summed E-state index contributed by atoms with van der Waals surface area (Å²) >= 11 is 0. The first-order valence-electron chi connectivity index (χ1n) is 8.64. The van der Waals surface area contributed by atoms with E-state index in [0.717, 1.165) is 22.4 Å². The maximum Gasteiger partial charge on any atom is 0.416 e. The molecule has 0 bridgehead atoms. The van der Waals surface area contributed by atoms with Crippen molar-refractivity contribution < 1.29 is 17.6 Å². The van der Waals surface area contributed by atoms with Crippen LogP contribution in [0.1, 0.15) is 17.0 Å². The number of nitrogens with zero attached hydrogens (tertiary/aromatic N) is 4. The third kappa shape index (κ3) is 3.57. The number of benzene rings is 2. The predicted molar refractivity (Wildman–Crippen MR) is 93.3 cm³/mol. The van der Waals surface area contributed by atoms with E-state index in [4.69, 9.17) is 0 Å². The van der Waals surface area contributed by atoms with Gasteiger partial charge in [0.15, 0.2) is 0 Å². The van der Waals surface area contributed by atoms with E-state index < -0.39 is 11.7 Å². The largest absolute Gasteiger partial charge is 0.416 e. The Bertz CT molecular complexity index is 1040. The summed E-state index contributed by atoms with van der Waals surface area (Å²) in [5.41, 5.74) is 0.0688. The second-order valence-electron chi connectivity index (χ2n) is 6.64. The van der Waals surface area contributed by atoms with Crippen LogP contribution in [-0.4, -0.2) is 25.8 Å². The molecule has 146 valence electrons. The molecule has 0 radical (unpaired) electrons. The molecule has 5 nitrogen and oxygen atoms in total. The van der Waals surface area contributed by atoms with Gasteiger partial charge in [-0.2, -0.15) is 17.9 Å². The number of rotatable bonds is 3. The van der Waals surface area contributed by atoms with Gasteiger partial charge in [0.2, 0.25) is 0 Å². The lowest BCUT2D eigenvalue weighted by Crippen LogP contribution is -2.37. The fraction of sp³-hybridized carbons (Fsp3) is 0.263. The van der Waals surface area contributed by atoms with Crippen molar-refractivity contribution in [1.82, 2.24) is 19.2 Å². The van der Waals surface area contributed by atoms with Crippen molar-refractivity contribution in [3.8, 4) is 5.69 Å². The first kappa shape index (κ1) is 18.4. The molecule has 9 heteroatoms. The van der Waals surface area contributed by atoms with Crippen molar-refractivity contribution >= 4 is 0 Å². The highest BCUT2D eigenvalue weighted by molar-refractivity contribution is 5.34. The van der Waals surface area contributed by atoms with E-state index >= 15 is 0 Å². The molecule has 4 rings (SSSR count). The normalized spacial score (nSPS) is 14.9. The van der Waals surface area contributed by atoms with E-state index in [1.54, 1.807) is 12.1 Å². The highest BCUT2D eigenvalue weighted by Crippen LogP contribution is 2.29. The zero-order valence-electron chi connectivity index (χ0n) is 14.7. The van der Waals surface area contributed by atoms with Gasteiger partial charge in [0.05, 0.1) is 17.8 Å². The van der Waals surface area contributed by atoms with Crippen LogP contribution in [0.25, 0.3) is 5.69 Å². The molecule has 0 amide bonds. The average Bonchev–Trinajstić information content (AvgIpc) is 2.99. The number of aromatic nitrogens is 3. The molecular formula is C19H16F4N4O. The molecule has 2 heterocycles. The van der Waals surface area contributed by atoms with Gasteiger partial charge in [0.25, 0.3) is 0 Å². The molecule has 2 aromatic carbocycles. The summed E-state index contributed by atoms with van der Waals surface area (Å²) in [6.07, 6.45) is -4.43. The van der Waals surface area contributed by atoms with E-state index in [9.17, 15) is 22.4 Å². The summed E-state index contributed by atoms with van der Waals surface area (Å²) in [4.78, 5) is 14.7. The Labute approximate surface area is 157 Å². The standard InChI is InChI=1S/C19H16F4N4O/c20-15-5-1-13(2-6-15)11-25-9-10-26-17(12-25)24-27(18(26)28)16-7-3-14(4-8-16)19(21,22)23/h1-8H,9-12H2. The molecular weight excluding hydrogens is 376 g/mol. The van der Waals surface area contributed by atoms with E-state index in [0.29, 0.717) is 32.0 Å². The van der Waals surface area contributed by atoms with E-state index in [2.05, 4.69) is 10.00 Å². The fourth-order valence-electron chi connectivity index (χ4n) is 3.24. The Balaban J connectivity index is 1.55. The molecule has 28 heavy (non-hydrogen) atoms. The van der Waals surface area contributed by atoms with Crippen molar-refractivity contribution in [3.05, 3.63) is 81.8 Å². The zero-order valence-corrected chi connectivity index (χ0v) is 14.7. The van der Waals surface area contributed by atoms with Crippen molar-refractivity contribution in [3.63, 3.8) is 0 Å². The molecule has 1 aromatic heterocycles. The van der Waals surface area contributed by atoms with Gasteiger partial charge in [-0.15, -0.1) is 5.10 Å². The fourth-order valence-corrected chi connectivity index (χ4v) is 3.24. The number of alkyl halides is 3. The van der Waals surface area contributed by atoms with Gasteiger partial charge in [0.1, 0.15) is 11.6 Å². The van der Waals surface area contributed by atoms with E-state index in [-0.39, 0.29) is 17.2 Å². The minimum absolute atomic E-state index is 0.282. The molecule has 3 aromatic rings. The summed E-state index contributed by atoms with van der Waals surface area (Å²) in [7, 11) is 0. The highest BCUT2D eigenvalue weighted by atomic mass is 19.4. The van der Waals surface area contributed by atoms with Crippen molar-refractivity contribution in [2.45, 2.75) is 25.8 Å². The molecule has 1 aliphatic rings. The Kier molecular flexibility index (Phi) is 4.54. The van der Waals surface area contributed by atoms with Crippen LogP contribution in [-0.2, 0) is 25.8 Å².